The average Bonchev–Trinajstić information content (AvgIpc) is 2.98. The number of thioether (sulfide) groups is 1. The Labute approximate surface area is 279 Å². The maximum atomic E-state index is 12.4. The molecular formula is C28H41NO18S. The van der Waals surface area contributed by atoms with Crippen LogP contribution in [0.5, 0.6) is 0 Å². The second-order valence-electron chi connectivity index (χ2n) is 10.5. The van der Waals surface area contributed by atoms with E-state index >= 15 is 0 Å². The lowest BCUT2D eigenvalue weighted by Gasteiger charge is -2.48. The molecule has 11 atom stereocenters. The Hall–Kier alpha value is -3.56. The van der Waals surface area contributed by atoms with Crippen LogP contribution in [-0.4, -0.2) is 140 Å². The number of hydrogen-bond acceptors (Lipinski definition) is 20. The zero-order valence-electron chi connectivity index (χ0n) is 27.3. The highest BCUT2D eigenvalue weighted by Gasteiger charge is 2.56. The molecule has 0 aromatic heterocycles. The summed E-state index contributed by atoms with van der Waals surface area (Å²) >= 11 is 0.892. The van der Waals surface area contributed by atoms with Crippen LogP contribution >= 0.6 is 11.8 Å². The van der Waals surface area contributed by atoms with Gasteiger partial charge in [-0.3, -0.25) is 33.6 Å². The van der Waals surface area contributed by atoms with Crippen molar-refractivity contribution in [1.82, 2.24) is 0 Å². The van der Waals surface area contributed by atoms with E-state index in [4.69, 9.17) is 48.4 Å². The molecular weight excluding hydrogens is 670 g/mol. The summed E-state index contributed by atoms with van der Waals surface area (Å²) in [6.07, 6.45) is -14.1. The molecule has 48 heavy (non-hydrogen) atoms. The summed E-state index contributed by atoms with van der Waals surface area (Å²) in [7, 11) is 1.14. The molecule has 0 radical (unpaired) electrons. The van der Waals surface area contributed by atoms with Gasteiger partial charge < -0.3 is 58.2 Å². The van der Waals surface area contributed by atoms with Crippen molar-refractivity contribution in [2.75, 3.05) is 26.1 Å². The number of aliphatic hydroxyl groups is 1. The Morgan fingerprint density at radius 1 is 0.667 bits per heavy atom. The normalized spacial score (nSPS) is 30.5. The van der Waals surface area contributed by atoms with Crippen LogP contribution in [0.25, 0.3) is 0 Å². The first kappa shape index (κ1) is 40.6. The predicted molar refractivity (Wildman–Crippen MR) is 156 cm³/mol. The van der Waals surface area contributed by atoms with Crippen molar-refractivity contribution in [3.05, 3.63) is 0 Å². The summed E-state index contributed by atoms with van der Waals surface area (Å²) in [4.78, 5) is 83.9. The quantitative estimate of drug-likeness (QED) is 0.150. The van der Waals surface area contributed by atoms with Gasteiger partial charge in [-0.1, -0.05) is 0 Å². The smallest absolute Gasteiger partial charge is 0.323 e. The molecule has 0 unspecified atom stereocenters. The van der Waals surface area contributed by atoms with Crippen LogP contribution in [-0.2, 0) is 80.9 Å². The zero-order valence-corrected chi connectivity index (χ0v) is 28.2. The standard InChI is InChI=1S/C28H41NO18S/c1-11(30)39-8-18-21(41-13(3)32)23(42-14(4)33)20(36)27(45-18)47-22-19(9-40-12(2)31)46-28(48-10-17(29)26(37)38-7)25(44-16(6)35)24(22)43-15(5)34/h17-25,27-28,36H,8-10,29H2,1-7H3/t17-,18+,19+,20+,21-,22+,23+,24-,25+,27-,28+/m0/s1. The molecule has 19 nitrogen and oxygen atoms in total. The topological polar surface area (TPSA) is 258 Å². The van der Waals surface area contributed by atoms with Crippen LogP contribution in [0.15, 0.2) is 0 Å². The maximum Gasteiger partial charge on any atom is 0.323 e. The highest BCUT2D eigenvalue weighted by molar-refractivity contribution is 7.99. The summed E-state index contributed by atoms with van der Waals surface area (Å²) in [5.74, 6) is -5.82. The molecule has 0 saturated carbocycles. The summed E-state index contributed by atoms with van der Waals surface area (Å²) in [6, 6.07) is -1.14. The number of aliphatic hydroxyl groups excluding tert-OH is 1. The van der Waals surface area contributed by atoms with Gasteiger partial charge in [-0.05, 0) is 0 Å². The number of rotatable bonds is 14. The van der Waals surface area contributed by atoms with E-state index in [1.54, 1.807) is 0 Å². The molecule has 2 aliphatic heterocycles. The monoisotopic (exact) mass is 711 g/mol. The Balaban J connectivity index is 2.60. The first-order valence-electron chi connectivity index (χ1n) is 14.5. The Morgan fingerprint density at radius 2 is 1.12 bits per heavy atom. The van der Waals surface area contributed by atoms with Gasteiger partial charge in [0.25, 0.3) is 0 Å². The predicted octanol–water partition coefficient (Wildman–Crippen LogP) is -1.73. The van der Waals surface area contributed by atoms with Crippen LogP contribution in [0.3, 0.4) is 0 Å². The van der Waals surface area contributed by atoms with Crippen LogP contribution in [0.4, 0.5) is 0 Å². The maximum absolute atomic E-state index is 12.4. The summed E-state index contributed by atoms with van der Waals surface area (Å²) < 4.78 is 54.5. The third kappa shape index (κ3) is 12.2. The first-order valence-corrected chi connectivity index (χ1v) is 15.5. The number of methoxy groups -OCH3 is 1. The number of ether oxygens (including phenoxy) is 10. The molecule has 3 N–H and O–H groups in total. The molecule has 272 valence electrons. The van der Waals surface area contributed by atoms with Gasteiger partial charge in [-0.15, -0.1) is 11.8 Å². The van der Waals surface area contributed by atoms with Crippen LogP contribution < -0.4 is 5.73 Å². The lowest BCUT2D eigenvalue weighted by atomic mass is 9.96. The number of carbonyl (C=O) groups is 7. The van der Waals surface area contributed by atoms with Crippen molar-refractivity contribution in [2.24, 2.45) is 5.73 Å². The Morgan fingerprint density at radius 3 is 1.60 bits per heavy atom. The number of nitrogens with two attached hydrogens (primary N) is 1. The number of hydrogen-bond donors (Lipinski definition) is 2. The van der Waals surface area contributed by atoms with E-state index in [1.165, 1.54) is 0 Å². The van der Waals surface area contributed by atoms with Crippen LogP contribution in [0, 0.1) is 0 Å². The molecule has 2 saturated heterocycles. The molecule has 0 bridgehead atoms. The fourth-order valence-corrected chi connectivity index (χ4v) is 5.88. The lowest BCUT2D eigenvalue weighted by molar-refractivity contribution is -0.340. The van der Waals surface area contributed by atoms with Crippen molar-refractivity contribution in [1.29, 1.82) is 0 Å². The summed E-state index contributed by atoms with van der Waals surface area (Å²) in [5.41, 5.74) is 4.67. The van der Waals surface area contributed by atoms with Gasteiger partial charge in [0, 0.05) is 47.3 Å². The van der Waals surface area contributed by atoms with E-state index in [1.807, 2.05) is 0 Å². The van der Waals surface area contributed by atoms with Crippen molar-refractivity contribution in [3.63, 3.8) is 0 Å². The van der Waals surface area contributed by atoms with E-state index in [2.05, 4.69) is 4.74 Å². The van der Waals surface area contributed by atoms with Crippen molar-refractivity contribution in [2.45, 2.75) is 108 Å². The van der Waals surface area contributed by atoms with Gasteiger partial charge in [-0.25, -0.2) is 0 Å². The van der Waals surface area contributed by atoms with E-state index in [9.17, 15) is 38.7 Å². The number of carbonyl (C=O) groups excluding carboxylic acids is 7. The fraction of sp³-hybridized carbons (Fsp3) is 0.750. The molecule has 2 aliphatic rings. The molecule has 0 aliphatic carbocycles. The second kappa shape index (κ2) is 18.8. The van der Waals surface area contributed by atoms with Gasteiger partial charge in [0.15, 0.2) is 30.7 Å². The van der Waals surface area contributed by atoms with Crippen LogP contribution in [0.1, 0.15) is 41.5 Å². The van der Waals surface area contributed by atoms with Gasteiger partial charge in [0.05, 0.1) is 7.11 Å². The lowest BCUT2D eigenvalue weighted by Crippen LogP contribution is -2.66. The van der Waals surface area contributed by atoms with Gasteiger partial charge in [0.2, 0.25) is 0 Å². The molecule has 2 rings (SSSR count). The van der Waals surface area contributed by atoms with Crippen LogP contribution in [0.2, 0.25) is 0 Å². The summed E-state index contributed by atoms with van der Waals surface area (Å²) in [6.45, 7) is 5.31. The number of esters is 7. The third-order valence-electron chi connectivity index (χ3n) is 6.55. The molecule has 2 heterocycles. The molecule has 20 heteroatoms. The molecule has 0 amide bonds. The van der Waals surface area contributed by atoms with Gasteiger partial charge >= 0.3 is 41.8 Å². The first-order chi connectivity index (χ1) is 22.4. The average molecular weight is 712 g/mol. The highest BCUT2D eigenvalue weighted by Crippen LogP contribution is 2.37. The van der Waals surface area contributed by atoms with E-state index in [-0.39, 0.29) is 5.75 Å². The minimum absolute atomic E-state index is 0.127. The molecule has 0 aromatic carbocycles. The molecule has 0 spiro atoms. The Bertz CT molecular complexity index is 1180. The Kier molecular flexibility index (Phi) is 15.9. The van der Waals surface area contributed by atoms with Crippen molar-refractivity contribution in [3.8, 4) is 0 Å². The van der Waals surface area contributed by atoms with Gasteiger partial charge in [0.1, 0.15) is 49.1 Å². The minimum atomic E-state index is -1.91. The summed E-state index contributed by atoms with van der Waals surface area (Å²) in [5, 5.41) is 11.3. The second-order valence-corrected chi connectivity index (χ2v) is 11.7. The zero-order chi connectivity index (χ0) is 36.3. The minimum Gasteiger partial charge on any atom is -0.468 e. The van der Waals surface area contributed by atoms with E-state index in [0.29, 0.717) is 0 Å². The van der Waals surface area contributed by atoms with Crippen molar-refractivity contribution < 1.29 is 86.0 Å². The van der Waals surface area contributed by atoms with E-state index < -0.39 is 122 Å². The van der Waals surface area contributed by atoms with Crippen molar-refractivity contribution >= 4 is 53.5 Å². The van der Waals surface area contributed by atoms with E-state index in [0.717, 1.165) is 60.4 Å². The largest absolute Gasteiger partial charge is 0.468 e. The SMILES string of the molecule is COC(=O)[C@@H](N)CS[C@H]1O[C@H](COC(C)=O)[C@@H](O[C@@H]2O[C@H](COC(C)=O)[C@H](OC(C)=O)[C@H](OC(C)=O)[C@H]2O)[C@H](OC(C)=O)[C@H]1OC(C)=O. The molecule has 2 fully saturated rings. The fourth-order valence-electron chi connectivity index (χ4n) is 4.73. The van der Waals surface area contributed by atoms with Gasteiger partial charge in [-0.2, -0.15) is 0 Å². The molecule has 0 aromatic rings. The highest BCUT2D eigenvalue weighted by atomic mass is 32.2. The third-order valence-corrected chi connectivity index (χ3v) is 7.81.